The summed E-state index contributed by atoms with van der Waals surface area (Å²) in [5, 5.41) is 0.124. The number of aromatic nitrogens is 1. The Morgan fingerprint density at radius 1 is 1.33 bits per heavy atom. The molecule has 132 valence electrons. The summed E-state index contributed by atoms with van der Waals surface area (Å²) in [6.45, 7) is 11.9. The maximum atomic E-state index is 12.7. The normalized spacial score (nSPS) is 22.0. The number of rotatable bonds is 5. The summed E-state index contributed by atoms with van der Waals surface area (Å²) in [5.74, 6) is 0. The van der Waals surface area contributed by atoms with Gasteiger partial charge in [0.25, 0.3) is 10.0 Å². The summed E-state index contributed by atoms with van der Waals surface area (Å²) in [4.78, 5) is 4.28. The maximum absolute atomic E-state index is 12.7. The van der Waals surface area contributed by atoms with Crippen LogP contribution in [0.25, 0.3) is 10.2 Å². The Morgan fingerprint density at radius 2 is 2.00 bits per heavy atom. The zero-order valence-corrected chi connectivity index (χ0v) is 17.4. The van der Waals surface area contributed by atoms with Gasteiger partial charge in [0.2, 0.25) is 4.34 Å². The van der Waals surface area contributed by atoms with Crippen LogP contribution >= 0.6 is 11.3 Å². The molecule has 5 nitrogen and oxygen atoms in total. The van der Waals surface area contributed by atoms with Gasteiger partial charge >= 0.3 is 0 Å². The van der Waals surface area contributed by atoms with Crippen molar-refractivity contribution in [1.82, 2.24) is 9.29 Å². The molecule has 2 heterocycles. The fourth-order valence-corrected chi connectivity index (χ4v) is 6.13. The second-order valence-electron chi connectivity index (χ2n) is 7.75. The van der Waals surface area contributed by atoms with Crippen molar-refractivity contribution in [1.29, 1.82) is 0 Å². The molecule has 0 bridgehead atoms. The van der Waals surface area contributed by atoms with E-state index in [0.29, 0.717) is 13.2 Å². The molecule has 2 aromatic rings. The summed E-state index contributed by atoms with van der Waals surface area (Å²) in [6.07, 6.45) is 0. The molecule has 0 radical (unpaired) electrons. The lowest BCUT2D eigenvalue weighted by Gasteiger charge is -2.36. The summed E-state index contributed by atoms with van der Waals surface area (Å²) in [6, 6.07) is 7.43. The molecular weight excluding hydrogens is 360 g/mol. The second kappa shape index (κ2) is 5.88. The molecule has 0 aliphatic carbocycles. The van der Waals surface area contributed by atoms with E-state index in [9.17, 15) is 8.42 Å². The molecule has 1 aromatic heterocycles. The van der Waals surface area contributed by atoms with E-state index >= 15 is 0 Å². The lowest BCUT2D eigenvalue weighted by Crippen LogP contribution is -2.42. The molecule has 0 amide bonds. The first-order chi connectivity index (χ1) is 11.0. The first kappa shape index (κ1) is 18.0. The maximum Gasteiger partial charge on any atom is 0.270 e. The fraction of sp³-hybridized carbons (Fsp3) is 0.562. The molecule has 3 rings (SSSR count). The van der Waals surface area contributed by atoms with Crippen LogP contribution in [-0.2, 0) is 14.4 Å². The Kier molecular flexibility index (Phi) is 4.41. The fourth-order valence-electron chi connectivity index (χ4n) is 2.17. The van der Waals surface area contributed by atoms with E-state index in [4.69, 9.17) is 4.43 Å². The van der Waals surface area contributed by atoms with Crippen molar-refractivity contribution >= 4 is 39.9 Å². The molecule has 8 heteroatoms. The van der Waals surface area contributed by atoms with E-state index in [1.165, 1.54) is 15.6 Å². The van der Waals surface area contributed by atoms with Crippen LogP contribution in [0.5, 0.6) is 0 Å². The summed E-state index contributed by atoms with van der Waals surface area (Å²) in [5.41, 5.74) is 0.733. The minimum Gasteiger partial charge on any atom is -0.415 e. The Labute approximate surface area is 148 Å². The standard InChI is InChI=1S/C16H24N2O3S2Si/c1-16(2,3)24(4,5)21-11-12-10-18(12)23(19,20)15-17-13-8-6-7-9-14(13)22-15/h6-9,12H,10-11H2,1-5H3/t12-,18?/m0/s1. The van der Waals surface area contributed by atoms with Crippen LogP contribution < -0.4 is 0 Å². The van der Waals surface area contributed by atoms with Crippen LogP contribution in [-0.4, -0.2) is 45.2 Å². The molecule has 0 saturated carbocycles. The van der Waals surface area contributed by atoms with Crippen LogP contribution in [0.15, 0.2) is 28.6 Å². The topological polar surface area (TPSA) is 59.3 Å². The van der Waals surface area contributed by atoms with E-state index in [1.54, 1.807) is 0 Å². The van der Waals surface area contributed by atoms with Gasteiger partial charge in [-0.1, -0.05) is 32.9 Å². The minimum atomic E-state index is -3.50. The van der Waals surface area contributed by atoms with Gasteiger partial charge in [-0.2, -0.15) is 4.31 Å². The van der Waals surface area contributed by atoms with Gasteiger partial charge in [0, 0.05) is 6.54 Å². The average Bonchev–Trinajstić information content (AvgIpc) is 3.14. The third-order valence-corrected chi connectivity index (χ3v) is 12.7. The van der Waals surface area contributed by atoms with Crippen molar-refractivity contribution in [2.45, 2.75) is 49.3 Å². The van der Waals surface area contributed by atoms with Crippen LogP contribution in [0.1, 0.15) is 20.8 Å². The number of benzene rings is 1. The number of para-hydroxylation sites is 1. The molecule has 1 aliphatic heterocycles. The molecule has 0 spiro atoms. The van der Waals surface area contributed by atoms with Gasteiger partial charge < -0.3 is 4.43 Å². The highest BCUT2D eigenvalue weighted by Gasteiger charge is 2.48. The molecule has 1 fully saturated rings. The lowest BCUT2D eigenvalue weighted by molar-refractivity contribution is 0.281. The van der Waals surface area contributed by atoms with Crippen LogP contribution in [0.4, 0.5) is 0 Å². The first-order valence-corrected chi connectivity index (χ1v) is 13.2. The van der Waals surface area contributed by atoms with Crippen LogP contribution in [0.3, 0.4) is 0 Å². The summed E-state index contributed by atoms with van der Waals surface area (Å²) >= 11 is 1.23. The van der Waals surface area contributed by atoms with Gasteiger partial charge in [-0.05, 0) is 30.3 Å². The molecule has 2 atom stereocenters. The van der Waals surface area contributed by atoms with E-state index in [2.05, 4.69) is 38.8 Å². The lowest BCUT2D eigenvalue weighted by atomic mass is 10.2. The molecular formula is C16H24N2O3S2Si. The average molecular weight is 385 g/mol. The quantitative estimate of drug-likeness (QED) is 0.583. The van der Waals surface area contributed by atoms with Crippen molar-refractivity contribution in [2.24, 2.45) is 0 Å². The molecule has 1 saturated heterocycles. The Hall–Kier alpha value is -0.803. The van der Waals surface area contributed by atoms with E-state index in [-0.39, 0.29) is 15.4 Å². The summed E-state index contributed by atoms with van der Waals surface area (Å²) in [7, 11) is -5.36. The van der Waals surface area contributed by atoms with Gasteiger partial charge in [0.1, 0.15) is 0 Å². The Balaban J connectivity index is 1.70. The van der Waals surface area contributed by atoms with Crippen molar-refractivity contribution in [3.05, 3.63) is 24.3 Å². The van der Waals surface area contributed by atoms with Gasteiger partial charge in [-0.25, -0.2) is 13.4 Å². The highest BCUT2D eigenvalue weighted by atomic mass is 32.2. The zero-order valence-electron chi connectivity index (χ0n) is 14.7. The number of sulfonamides is 1. The third-order valence-electron chi connectivity index (χ3n) is 4.91. The molecule has 0 N–H and O–H groups in total. The third kappa shape index (κ3) is 3.30. The second-order valence-corrected chi connectivity index (χ2v) is 15.7. The number of fused-ring (bicyclic) bond motifs is 1. The van der Waals surface area contributed by atoms with Crippen LogP contribution in [0, 0.1) is 0 Å². The van der Waals surface area contributed by atoms with Crippen molar-refractivity contribution in [3.63, 3.8) is 0 Å². The monoisotopic (exact) mass is 384 g/mol. The summed E-state index contributed by atoms with van der Waals surface area (Å²) < 4.78 is 34.2. The number of hydrogen-bond donors (Lipinski definition) is 0. The highest BCUT2D eigenvalue weighted by molar-refractivity contribution is 7.91. The Morgan fingerprint density at radius 3 is 2.62 bits per heavy atom. The van der Waals surface area contributed by atoms with Gasteiger partial charge in [-0.15, -0.1) is 11.3 Å². The largest absolute Gasteiger partial charge is 0.415 e. The van der Waals surface area contributed by atoms with Crippen LogP contribution in [0.2, 0.25) is 18.1 Å². The predicted octanol–water partition coefficient (Wildman–Crippen LogP) is 3.69. The zero-order chi connectivity index (χ0) is 17.8. The SMILES string of the molecule is CC(C)(C)[Si](C)(C)OC[C@@H]1CN1S(=O)(=O)c1nc2ccccc2s1. The predicted molar refractivity (Wildman–Crippen MR) is 100 cm³/mol. The smallest absolute Gasteiger partial charge is 0.270 e. The van der Waals surface area contributed by atoms with Gasteiger partial charge in [0.15, 0.2) is 8.32 Å². The molecule has 24 heavy (non-hydrogen) atoms. The van der Waals surface area contributed by atoms with E-state index in [0.717, 1.165) is 10.2 Å². The van der Waals surface area contributed by atoms with Gasteiger partial charge in [0.05, 0.1) is 22.9 Å². The molecule has 1 aromatic carbocycles. The number of thiazole rings is 1. The number of nitrogens with zero attached hydrogens (tertiary/aromatic N) is 2. The number of hydrogen-bond acceptors (Lipinski definition) is 5. The minimum absolute atomic E-state index is 0.0591. The van der Waals surface area contributed by atoms with Crippen molar-refractivity contribution in [3.8, 4) is 0 Å². The molecule has 1 aliphatic rings. The Bertz CT molecular complexity index is 823. The first-order valence-electron chi connectivity index (χ1n) is 8.04. The van der Waals surface area contributed by atoms with Crippen molar-refractivity contribution in [2.75, 3.05) is 13.2 Å². The molecule has 1 unspecified atom stereocenters. The van der Waals surface area contributed by atoms with Crippen molar-refractivity contribution < 1.29 is 12.8 Å². The highest BCUT2D eigenvalue weighted by Crippen LogP contribution is 2.38. The van der Waals surface area contributed by atoms with Gasteiger partial charge in [-0.3, -0.25) is 0 Å². The van der Waals surface area contributed by atoms with E-state index < -0.39 is 18.3 Å². The van der Waals surface area contributed by atoms with E-state index in [1.807, 2.05) is 24.3 Å².